The number of piperidine rings is 1. The number of benzene rings is 2. The molecule has 1 fully saturated rings. The normalized spacial score (nSPS) is 18.3. The number of rotatable bonds is 8. The molecule has 8 heteroatoms. The van der Waals surface area contributed by atoms with E-state index in [1.807, 2.05) is 53.1 Å². The number of nitrogens with zero attached hydrogens (tertiary/aromatic N) is 3. The number of ether oxygens (including phenoxy) is 2. The van der Waals surface area contributed by atoms with E-state index in [0.29, 0.717) is 29.7 Å². The molecular weight excluding hydrogens is 480 g/mol. The molecule has 2 heterocycles. The van der Waals surface area contributed by atoms with E-state index in [2.05, 4.69) is 38.0 Å². The van der Waals surface area contributed by atoms with E-state index in [0.717, 1.165) is 37.2 Å². The van der Waals surface area contributed by atoms with Gasteiger partial charge in [-0.25, -0.2) is 9.78 Å². The highest BCUT2D eigenvalue weighted by atomic mass is 16.5. The van der Waals surface area contributed by atoms with E-state index in [1.54, 1.807) is 7.11 Å². The van der Waals surface area contributed by atoms with Crippen molar-refractivity contribution in [2.45, 2.75) is 65.1 Å². The number of carbonyl (C=O) groups is 1. The number of likely N-dealkylation sites (N-methyl/N-ethyl adjacent to an activating group) is 1. The Morgan fingerprint density at radius 3 is 2.61 bits per heavy atom. The molecule has 204 valence electrons. The van der Waals surface area contributed by atoms with Gasteiger partial charge in [-0.15, -0.1) is 0 Å². The van der Waals surface area contributed by atoms with Gasteiger partial charge in [0.15, 0.2) is 0 Å². The van der Waals surface area contributed by atoms with E-state index in [-0.39, 0.29) is 29.5 Å². The minimum absolute atomic E-state index is 0.0339. The van der Waals surface area contributed by atoms with Gasteiger partial charge in [0.05, 0.1) is 12.5 Å². The van der Waals surface area contributed by atoms with Crippen LogP contribution in [0.15, 0.2) is 53.3 Å². The van der Waals surface area contributed by atoms with E-state index in [1.165, 1.54) is 0 Å². The van der Waals surface area contributed by atoms with Gasteiger partial charge in [0.1, 0.15) is 23.7 Å². The molecule has 1 N–H and O–H groups in total. The fourth-order valence-corrected chi connectivity index (χ4v) is 5.35. The van der Waals surface area contributed by atoms with Gasteiger partial charge in [-0.1, -0.05) is 57.2 Å². The summed E-state index contributed by atoms with van der Waals surface area (Å²) in [7, 11) is 3.72. The Balaban J connectivity index is 1.58. The summed E-state index contributed by atoms with van der Waals surface area (Å²) in [5.41, 5.74) is 1.42. The first-order valence-corrected chi connectivity index (χ1v) is 13.4. The number of nitrogens with one attached hydrogen (secondary N) is 1. The number of amides is 1. The van der Waals surface area contributed by atoms with Gasteiger partial charge in [-0.3, -0.25) is 9.36 Å². The first-order valence-electron chi connectivity index (χ1n) is 13.4. The molecule has 1 aliphatic rings. The summed E-state index contributed by atoms with van der Waals surface area (Å²) in [6.07, 6.45) is 2.23. The molecule has 1 aromatic heterocycles. The molecule has 1 aliphatic heterocycles. The average molecular weight is 521 g/mol. The maximum atomic E-state index is 13.8. The first-order chi connectivity index (χ1) is 18.2. The zero-order chi connectivity index (χ0) is 27.3. The molecule has 1 amide bonds. The van der Waals surface area contributed by atoms with Gasteiger partial charge in [-0.2, -0.15) is 0 Å². The fourth-order valence-electron chi connectivity index (χ4n) is 5.35. The monoisotopic (exact) mass is 520 g/mol. The number of hydrogen-bond donors (Lipinski definition) is 1. The molecule has 0 radical (unpaired) electrons. The number of likely N-dealkylation sites (tertiary alicyclic amines) is 1. The molecule has 38 heavy (non-hydrogen) atoms. The second-order valence-electron chi connectivity index (χ2n) is 11.4. The number of carbonyl (C=O) groups excluding carboxylic acids is 1. The number of aromatic nitrogens is 2. The van der Waals surface area contributed by atoms with Crippen molar-refractivity contribution in [2.24, 2.45) is 5.41 Å². The van der Waals surface area contributed by atoms with Crippen molar-refractivity contribution in [2.75, 3.05) is 27.2 Å². The number of methoxy groups -OCH3 is 1. The van der Waals surface area contributed by atoms with Gasteiger partial charge >= 0.3 is 6.09 Å². The highest BCUT2D eigenvalue weighted by molar-refractivity contribution is 5.83. The van der Waals surface area contributed by atoms with Crippen LogP contribution in [0, 0.1) is 5.41 Å². The van der Waals surface area contributed by atoms with Crippen molar-refractivity contribution in [1.29, 1.82) is 0 Å². The summed E-state index contributed by atoms with van der Waals surface area (Å²) < 4.78 is 12.8. The third-order valence-electron chi connectivity index (χ3n) is 7.14. The van der Waals surface area contributed by atoms with Crippen LogP contribution < -0.4 is 15.6 Å². The molecule has 2 atom stereocenters. The van der Waals surface area contributed by atoms with E-state index in [4.69, 9.17) is 14.5 Å². The Hall–Kier alpha value is -3.39. The molecule has 2 aromatic carbocycles. The van der Waals surface area contributed by atoms with Crippen molar-refractivity contribution in [3.05, 3.63) is 70.3 Å². The molecule has 3 aromatic rings. The van der Waals surface area contributed by atoms with Crippen LogP contribution in [-0.4, -0.2) is 53.8 Å². The summed E-state index contributed by atoms with van der Waals surface area (Å²) in [6, 6.07) is 15.3. The zero-order valence-electron chi connectivity index (χ0n) is 23.2. The first kappa shape index (κ1) is 27.6. The highest BCUT2D eigenvalue weighted by Crippen LogP contribution is 2.35. The number of fused-ring (bicyclic) bond motifs is 1. The van der Waals surface area contributed by atoms with Crippen LogP contribution >= 0.6 is 0 Å². The second-order valence-corrected chi connectivity index (χ2v) is 11.4. The van der Waals surface area contributed by atoms with Crippen LogP contribution in [0.2, 0.25) is 0 Å². The predicted molar refractivity (Wildman–Crippen MR) is 150 cm³/mol. The summed E-state index contributed by atoms with van der Waals surface area (Å²) in [5, 5.41) is 3.48. The quantitative estimate of drug-likeness (QED) is 0.453. The minimum Gasteiger partial charge on any atom is -0.494 e. The standard InChI is InChI=1S/C30H40N4O4/c1-30(2,3)20-34-27(32-26-23(28(34)35)13-9-15-25(26)37-5)22-14-10-18-33(4)24(22)16-17-31-29(36)38-19-21-11-7-6-8-12-21/h6-9,11-13,15,22,24H,10,14,16-20H2,1-5H3,(H,31,36). The van der Waals surface area contributed by atoms with E-state index in [9.17, 15) is 9.59 Å². The molecule has 0 saturated carbocycles. The SMILES string of the molecule is COc1cccc2c(=O)n(CC(C)(C)C)c(C3CCCN(C)C3CCNC(=O)OCc3ccccc3)nc12. The van der Waals surface area contributed by atoms with Gasteiger partial charge in [0.2, 0.25) is 0 Å². The predicted octanol–water partition coefficient (Wildman–Crippen LogP) is 4.95. The Morgan fingerprint density at radius 2 is 1.89 bits per heavy atom. The lowest BCUT2D eigenvalue weighted by molar-refractivity contribution is 0.128. The third-order valence-corrected chi connectivity index (χ3v) is 7.14. The summed E-state index contributed by atoms with van der Waals surface area (Å²) in [5.74, 6) is 1.44. The molecule has 0 aliphatic carbocycles. The number of alkyl carbamates (subject to hydrolysis) is 1. The average Bonchev–Trinajstić information content (AvgIpc) is 2.89. The van der Waals surface area contributed by atoms with Gasteiger partial charge in [0, 0.05) is 25.0 Å². The van der Waals surface area contributed by atoms with Crippen molar-refractivity contribution < 1.29 is 14.3 Å². The van der Waals surface area contributed by atoms with Gasteiger partial charge in [-0.05, 0) is 56.0 Å². The van der Waals surface area contributed by atoms with Crippen molar-refractivity contribution >= 4 is 17.0 Å². The Kier molecular flexibility index (Phi) is 8.72. The van der Waals surface area contributed by atoms with Crippen LogP contribution in [0.3, 0.4) is 0 Å². The molecular formula is C30H40N4O4. The summed E-state index contributed by atoms with van der Waals surface area (Å²) in [6.45, 7) is 8.63. The number of para-hydroxylation sites is 1. The van der Waals surface area contributed by atoms with Crippen molar-refractivity contribution in [3.63, 3.8) is 0 Å². The van der Waals surface area contributed by atoms with Crippen LogP contribution in [0.25, 0.3) is 10.9 Å². The lowest BCUT2D eigenvalue weighted by Gasteiger charge is -2.40. The van der Waals surface area contributed by atoms with Gasteiger partial charge in [0.25, 0.3) is 5.56 Å². The summed E-state index contributed by atoms with van der Waals surface area (Å²) in [4.78, 5) is 33.6. The minimum atomic E-state index is -0.429. The van der Waals surface area contributed by atoms with Crippen LogP contribution in [0.1, 0.15) is 57.3 Å². The molecule has 0 spiro atoms. The van der Waals surface area contributed by atoms with E-state index >= 15 is 0 Å². The topological polar surface area (TPSA) is 85.7 Å². The fraction of sp³-hybridized carbons (Fsp3) is 0.500. The molecule has 0 bridgehead atoms. The molecule has 2 unspecified atom stereocenters. The lowest BCUT2D eigenvalue weighted by Crippen LogP contribution is -2.46. The Labute approximate surface area is 225 Å². The second kappa shape index (κ2) is 12.0. The largest absolute Gasteiger partial charge is 0.494 e. The molecule has 4 rings (SSSR count). The number of hydrogen-bond acceptors (Lipinski definition) is 6. The van der Waals surface area contributed by atoms with Gasteiger partial charge < -0.3 is 19.7 Å². The Morgan fingerprint density at radius 1 is 1.13 bits per heavy atom. The summed E-state index contributed by atoms with van der Waals surface area (Å²) >= 11 is 0. The third kappa shape index (κ3) is 6.54. The highest BCUT2D eigenvalue weighted by Gasteiger charge is 2.34. The van der Waals surface area contributed by atoms with Crippen LogP contribution in [0.5, 0.6) is 5.75 Å². The van der Waals surface area contributed by atoms with Crippen molar-refractivity contribution in [3.8, 4) is 5.75 Å². The lowest BCUT2D eigenvalue weighted by atomic mass is 9.85. The van der Waals surface area contributed by atoms with Crippen LogP contribution in [-0.2, 0) is 17.9 Å². The van der Waals surface area contributed by atoms with Crippen LogP contribution in [0.4, 0.5) is 4.79 Å². The Bertz CT molecular complexity index is 1300. The maximum Gasteiger partial charge on any atom is 0.407 e. The van der Waals surface area contributed by atoms with E-state index < -0.39 is 6.09 Å². The zero-order valence-corrected chi connectivity index (χ0v) is 23.2. The molecule has 1 saturated heterocycles. The smallest absolute Gasteiger partial charge is 0.407 e. The molecule has 8 nitrogen and oxygen atoms in total. The maximum absolute atomic E-state index is 13.8. The van der Waals surface area contributed by atoms with Crippen molar-refractivity contribution in [1.82, 2.24) is 19.8 Å².